The number of hydrogen-bond donors (Lipinski definition) is 2. The van der Waals surface area contributed by atoms with Crippen molar-refractivity contribution in [2.45, 2.75) is 18.8 Å². The van der Waals surface area contributed by atoms with Crippen LogP contribution >= 0.6 is 12.4 Å². The quantitative estimate of drug-likeness (QED) is 0.884. The van der Waals surface area contributed by atoms with E-state index in [9.17, 15) is 13.6 Å². The largest absolute Gasteiger partial charge is 0.586 e. The van der Waals surface area contributed by atoms with Crippen LogP contribution in [0.1, 0.15) is 18.0 Å². The highest BCUT2D eigenvalue weighted by atomic mass is 35.5. The molecule has 1 unspecified atom stereocenters. The fourth-order valence-electron chi connectivity index (χ4n) is 1.58. The summed E-state index contributed by atoms with van der Waals surface area (Å²) in [6.45, 7) is 0. The van der Waals surface area contributed by atoms with Gasteiger partial charge in [-0.05, 0) is 6.07 Å². The standard InChI is InChI=1S/C10H9F2NO4.ClH/c11-10(12)16-7-3-1-2-5(9(7)17-10)6(13)4-8(14)15;/h1-3,6H,4,13H2,(H,14,15);1H. The van der Waals surface area contributed by atoms with Gasteiger partial charge in [-0.25, -0.2) is 0 Å². The smallest absolute Gasteiger partial charge is 0.481 e. The van der Waals surface area contributed by atoms with E-state index in [2.05, 4.69) is 9.47 Å². The number of halogens is 3. The number of para-hydroxylation sites is 1. The molecule has 1 heterocycles. The van der Waals surface area contributed by atoms with E-state index in [4.69, 9.17) is 10.8 Å². The van der Waals surface area contributed by atoms with E-state index in [0.717, 1.165) is 0 Å². The third-order valence-corrected chi connectivity index (χ3v) is 2.25. The van der Waals surface area contributed by atoms with Gasteiger partial charge >= 0.3 is 12.3 Å². The summed E-state index contributed by atoms with van der Waals surface area (Å²) >= 11 is 0. The molecule has 100 valence electrons. The number of carboxylic acids is 1. The first-order chi connectivity index (χ1) is 7.89. The monoisotopic (exact) mass is 281 g/mol. The van der Waals surface area contributed by atoms with Crippen molar-refractivity contribution in [3.63, 3.8) is 0 Å². The number of benzene rings is 1. The molecule has 0 bridgehead atoms. The number of alkyl halides is 2. The summed E-state index contributed by atoms with van der Waals surface area (Å²) in [5, 5.41) is 8.60. The molecule has 0 aliphatic carbocycles. The maximum atomic E-state index is 12.8. The predicted octanol–water partition coefficient (Wildman–Crippen LogP) is 1.90. The maximum absolute atomic E-state index is 12.8. The SMILES string of the molecule is Cl.NC(CC(=O)O)c1cccc2c1OC(F)(F)O2. The third kappa shape index (κ3) is 2.80. The molecule has 3 N–H and O–H groups in total. The van der Waals surface area contributed by atoms with Gasteiger partial charge < -0.3 is 20.3 Å². The number of carbonyl (C=O) groups is 1. The number of hydrogen-bond acceptors (Lipinski definition) is 4. The highest BCUT2D eigenvalue weighted by Gasteiger charge is 2.44. The Bertz CT molecular complexity index is 469. The number of rotatable bonds is 3. The van der Waals surface area contributed by atoms with Crippen molar-refractivity contribution < 1.29 is 28.2 Å². The molecule has 0 aromatic heterocycles. The lowest BCUT2D eigenvalue weighted by Gasteiger charge is -2.12. The lowest BCUT2D eigenvalue weighted by molar-refractivity contribution is -0.287. The van der Waals surface area contributed by atoms with E-state index >= 15 is 0 Å². The summed E-state index contributed by atoms with van der Waals surface area (Å²) in [4.78, 5) is 10.5. The normalized spacial score (nSPS) is 16.8. The summed E-state index contributed by atoms with van der Waals surface area (Å²) in [5.41, 5.74) is 5.78. The van der Waals surface area contributed by atoms with E-state index in [0.29, 0.717) is 0 Å². The lowest BCUT2D eigenvalue weighted by atomic mass is 10.0. The first-order valence-corrected chi connectivity index (χ1v) is 4.75. The highest BCUT2D eigenvalue weighted by Crippen LogP contribution is 2.45. The second-order valence-electron chi connectivity index (χ2n) is 3.55. The maximum Gasteiger partial charge on any atom is 0.586 e. The van der Waals surface area contributed by atoms with Gasteiger partial charge in [0.1, 0.15) is 0 Å². The molecular formula is C10H10ClF2NO4. The van der Waals surface area contributed by atoms with Gasteiger partial charge in [0, 0.05) is 11.6 Å². The van der Waals surface area contributed by atoms with E-state index < -0.39 is 18.3 Å². The van der Waals surface area contributed by atoms with Crippen LogP contribution in [0, 0.1) is 0 Å². The van der Waals surface area contributed by atoms with Crippen molar-refractivity contribution in [2.75, 3.05) is 0 Å². The van der Waals surface area contributed by atoms with Crippen LogP contribution in [0.3, 0.4) is 0 Å². The zero-order valence-electron chi connectivity index (χ0n) is 8.93. The predicted molar refractivity (Wildman–Crippen MR) is 59.1 cm³/mol. The average molecular weight is 282 g/mol. The van der Waals surface area contributed by atoms with E-state index in [1.54, 1.807) is 0 Å². The Morgan fingerprint density at radius 2 is 2.11 bits per heavy atom. The first kappa shape index (κ1) is 14.5. The van der Waals surface area contributed by atoms with Gasteiger partial charge in [0.25, 0.3) is 0 Å². The molecule has 5 nitrogen and oxygen atoms in total. The minimum Gasteiger partial charge on any atom is -0.481 e. The molecule has 0 saturated carbocycles. The van der Waals surface area contributed by atoms with Gasteiger partial charge in [-0.1, -0.05) is 12.1 Å². The molecule has 18 heavy (non-hydrogen) atoms. The Hall–Kier alpha value is -1.60. The summed E-state index contributed by atoms with van der Waals surface area (Å²) in [6.07, 6.45) is -4.12. The van der Waals surface area contributed by atoms with Gasteiger partial charge in [-0.15, -0.1) is 21.2 Å². The number of aliphatic carboxylic acids is 1. The summed E-state index contributed by atoms with van der Waals surface area (Å²) in [7, 11) is 0. The molecule has 1 aliphatic rings. The van der Waals surface area contributed by atoms with Gasteiger partial charge in [0.2, 0.25) is 0 Å². The zero-order chi connectivity index (χ0) is 12.6. The van der Waals surface area contributed by atoms with Crippen LogP contribution in [0.25, 0.3) is 0 Å². The van der Waals surface area contributed by atoms with Crippen molar-refractivity contribution in [1.82, 2.24) is 0 Å². The van der Waals surface area contributed by atoms with E-state index in [-0.39, 0.29) is 35.9 Å². The molecular weight excluding hydrogens is 272 g/mol. The molecule has 2 rings (SSSR count). The van der Waals surface area contributed by atoms with Gasteiger partial charge in [-0.2, -0.15) is 0 Å². The second kappa shape index (κ2) is 4.95. The minimum absolute atomic E-state index is 0. The number of ether oxygens (including phenoxy) is 2. The number of carboxylic acid groups (broad SMARTS) is 1. The molecule has 1 atom stereocenters. The Kier molecular flexibility index (Phi) is 3.98. The Balaban J connectivity index is 0.00000162. The van der Waals surface area contributed by atoms with Crippen molar-refractivity contribution in [3.05, 3.63) is 23.8 Å². The Morgan fingerprint density at radius 3 is 2.72 bits per heavy atom. The van der Waals surface area contributed by atoms with Crippen LogP contribution in [0.4, 0.5) is 8.78 Å². The van der Waals surface area contributed by atoms with Crippen LogP contribution in [-0.2, 0) is 4.79 Å². The highest BCUT2D eigenvalue weighted by molar-refractivity contribution is 5.85. The van der Waals surface area contributed by atoms with E-state index in [1.807, 2.05) is 0 Å². The first-order valence-electron chi connectivity index (χ1n) is 4.75. The fourth-order valence-corrected chi connectivity index (χ4v) is 1.58. The number of fused-ring (bicyclic) bond motifs is 1. The molecule has 0 saturated heterocycles. The average Bonchev–Trinajstić information content (AvgIpc) is 2.49. The van der Waals surface area contributed by atoms with Gasteiger partial charge in [0.05, 0.1) is 6.42 Å². The zero-order valence-corrected chi connectivity index (χ0v) is 9.75. The van der Waals surface area contributed by atoms with Crippen molar-refractivity contribution in [3.8, 4) is 11.5 Å². The van der Waals surface area contributed by atoms with Crippen molar-refractivity contribution in [2.24, 2.45) is 5.73 Å². The van der Waals surface area contributed by atoms with Crippen LogP contribution in [0.2, 0.25) is 0 Å². The van der Waals surface area contributed by atoms with Crippen LogP contribution in [0.15, 0.2) is 18.2 Å². The second-order valence-corrected chi connectivity index (χ2v) is 3.55. The molecule has 0 fully saturated rings. The number of nitrogens with two attached hydrogens (primary N) is 1. The molecule has 0 radical (unpaired) electrons. The third-order valence-electron chi connectivity index (χ3n) is 2.25. The topological polar surface area (TPSA) is 81.8 Å². The minimum atomic E-state index is -3.73. The fraction of sp³-hybridized carbons (Fsp3) is 0.300. The van der Waals surface area contributed by atoms with Crippen LogP contribution in [-0.4, -0.2) is 17.4 Å². The van der Waals surface area contributed by atoms with Gasteiger partial charge in [0.15, 0.2) is 11.5 Å². The Labute approximate surface area is 107 Å². The summed E-state index contributed by atoms with van der Waals surface area (Å²) in [6, 6.07) is 3.24. The van der Waals surface area contributed by atoms with Crippen LogP contribution in [0.5, 0.6) is 11.5 Å². The molecule has 0 spiro atoms. The summed E-state index contributed by atoms with van der Waals surface area (Å²) < 4.78 is 34.2. The summed E-state index contributed by atoms with van der Waals surface area (Å²) in [5.74, 6) is -1.47. The Morgan fingerprint density at radius 1 is 1.44 bits per heavy atom. The lowest BCUT2D eigenvalue weighted by Crippen LogP contribution is -2.26. The van der Waals surface area contributed by atoms with Gasteiger partial charge in [-0.3, -0.25) is 4.79 Å². The molecule has 1 aromatic carbocycles. The van der Waals surface area contributed by atoms with Crippen molar-refractivity contribution >= 4 is 18.4 Å². The molecule has 1 aromatic rings. The van der Waals surface area contributed by atoms with E-state index in [1.165, 1.54) is 18.2 Å². The molecule has 8 heteroatoms. The van der Waals surface area contributed by atoms with Crippen LogP contribution < -0.4 is 15.2 Å². The van der Waals surface area contributed by atoms with Crippen molar-refractivity contribution in [1.29, 1.82) is 0 Å². The molecule has 0 amide bonds. The molecule has 1 aliphatic heterocycles.